The molecule has 0 atom stereocenters. The molecule has 1 aromatic rings. The Balaban J connectivity index is 2.51. The Morgan fingerprint density at radius 2 is 2.07 bits per heavy atom. The molecule has 0 aliphatic heterocycles. The number of Topliss-reactive ketones (excluding diaryl/α,β-unsaturated/α-hetero) is 1. The molecule has 1 aromatic carbocycles. The Bertz CT molecular complexity index is 352. The molecule has 0 aliphatic carbocycles. The van der Waals surface area contributed by atoms with Crippen LogP contribution in [0.4, 0.5) is 8.78 Å². The van der Waals surface area contributed by atoms with Crippen LogP contribution in [0.5, 0.6) is 0 Å². The number of hydrogen-bond donors (Lipinski definition) is 0. The predicted octanol–water partition coefficient (Wildman–Crippen LogP) is 3.43. The van der Waals surface area contributed by atoms with Crippen LogP contribution >= 0.6 is 11.8 Å². The van der Waals surface area contributed by atoms with Gasteiger partial charge in [0, 0.05) is 11.3 Å². The Kier molecular flexibility index (Phi) is 4.75. The molecule has 0 bridgehead atoms. The molecule has 0 heterocycles. The summed E-state index contributed by atoms with van der Waals surface area (Å²) >= 11 is 1.24. The smallest absolute Gasteiger partial charge is 0.159 e. The van der Waals surface area contributed by atoms with E-state index in [1.165, 1.54) is 17.8 Å². The van der Waals surface area contributed by atoms with Gasteiger partial charge in [-0.05, 0) is 24.6 Å². The average molecular weight is 230 g/mol. The van der Waals surface area contributed by atoms with Crippen molar-refractivity contribution in [1.82, 2.24) is 0 Å². The van der Waals surface area contributed by atoms with Crippen LogP contribution in [0.1, 0.15) is 19.8 Å². The standard InChI is InChI=1S/C11H12F2OS/c1-2-3-8(14)7-15-9-4-5-10(12)11(13)6-9/h4-6H,2-3,7H2,1H3. The van der Waals surface area contributed by atoms with E-state index < -0.39 is 11.6 Å². The van der Waals surface area contributed by atoms with Gasteiger partial charge in [0.25, 0.3) is 0 Å². The zero-order chi connectivity index (χ0) is 11.3. The third-order valence-electron chi connectivity index (χ3n) is 1.82. The highest BCUT2D eigenvalue weighted by Crippen LogP contribution is 2.20. The number of rotatable bonds is 5. The first-order valence-corrected chi connectivity index (χ1v) is 5.71. The largest absolute Gasteiger partial charge is 0.299 e. The summed E-state index contributed by atoms with van der Waals surface area (Å²) in [6.45, 7) is 1.93. The van der Waals surface area contributed by atoms with Crippen molar-refractivity contribution in [1.29, 1.82) is 0 Å². The highest BCUT2D eigenvalue weighted by molar-refractivity contribution is 8.00. The molecule has 0 saturated heterocycles. The Morgan fingerprint density at radius 3 is 2.67 bits per heavy atom. The van der Waals surface area contributed by atoms with Gasteiger partial charge in [0.2, 0.25) is 0 Å². The molecule has 0 spiro atoms. The molecule has 1 rings (SSSR count). The number of halogens is 2. The second-order valence-corrected chi connectivity index (χ2v) is 4.20. The van der Waals surface area contributed by atoms with Gasteiger partial charge in [-0.3, -0.25) is 4.79 Å². The second kappa shape index (κ2) is 5.85. The molecule has 0 fully saturated rings. The molecule has 1 nitrogen and oxygen atoms in total. The van der Waals surface area contributed by atoms with E-state index in [0.29, 0.717) is 17.1 Å². The van der Waals surface area contributed by atoms with E-state index in [-0.39, 0.29) is 5.78 Å². The number of carbonyl (C=O) groups is 1. The highest BCUT2D eigenvalue weighted by Gasteiger charge is 2.05. The van der Waals surface area contributed by atoms with E-state index in [0.717, 1.165) is 18.6 Å². The van der Waals surface area contributed by atoms with Gasteiger partial charge in [-0.25, -0.2) is 8.78 Å². The third-order valence-corrected chi connectivity index (χ3v) is 2.87. The quantitative estimate of drug-likeness (QED) is 0.721. The fourth-order valence-electron chi connectivity index (χ4n) is 1.08. The molecule has 0 amide bonds. The van der Waals surface area contributed by atoms with Crippen molar-refractivity contribution in [2.45, 2.75) is 24.7 Å². The third kappa shape index (κ3) is 4.00. The zero-order valence-corrected chi connectivity index (χ0v) is 9.24. The summed E-state index contributed by atoms with van der Waals surface area (Å²) in [5, 5.41) is 0. The topological polar surface area (TPSA) is 17.1 Å². The molecule has 0 saturated carbocycles. The van der Waals surface area contributed by atoms with E-state index in [9.17, 15) is 13.6 Å². The molecule has 0 unspecified atom stereocenters. The molecule has 4 heteroatoms. The molecule has 15 heavy (non-hydrogen) atoms. The molecule has 0 radical (unpaired) electrons. The van der Waals surface area contributed by atoms with Crippen molar-refractivity contribution >= 4 is 17.5 Å². The van der Waals surface area contributed by atoms with Gasteiger partial charge in [-0.1, -0.05) is 6.92 Å². The van der Waals surface area contributed by atoms with Crippen molar-refractivity contribution in [2.75, 3.05) is 5.75 Å². The number of hydrogen-bond acceptors (Lipinski definition) is 2. The minimum Gasteiger partial charge on any atom is -0.299 e. The summed E-state index contributed by atoms with van der Waals surface area (Å²) in [5.41, 5.74) is 0. The van der Waals surface area contributed by atoms with Crippen LogP contribution in [0.25, 0.3) is 0 Å². The fraction of sp³-hybridized carbons (Fsp3) is 0.364. The SMILES string of the molecule is CCCC(=O)CSc1ccc(F)c(F)c1. The number of carbonyl (C=O) groups excluding carboxylic acids is 1. The summed E-state index contributed by atoms with van der Waals surface area (Å²) in [7, 11) is 0. The molecule has 0 aromatic heterocycles. The fourth-order valence-corrected chi connectivity index (χ4v) is 1.90. The van der Waals surface area contributed by atoms with E-state index in [2.05, 4.69) is 0 Å². The summed E-state index contributed by atoms with van der Waals surface area (Å²) in [4.78, 5) is 11.8. The Morgan fingerprint density at radius 1 is 1.33 bits per heavy atom. The lowest BCUT2D eigenvalue weighted by Gasteiger charge is -2.01. The maximum Gasteiger partial charge on any atom is 0.159 e. The molecular weight excluding hydrogens is 218 g/mol. The Labute approximate surface area is 91.9 Å². The highest BCUT2D eigenvalue weighted by atomic mass is 32.2. The van der Waals surface area contributed by atoms with Crippen LogP contribution < -0.4 is 0 Å². The van der Waals surface area contributed by atoms with Gasteiger partial charge in [-0.2, -0.15) is 0 Å². The van der Waals surface area contributed by atoms with Crippen molar-refractivity contribution in [3.05, 3.63) is 29.8 Å². The average Bonchev–Trinajstić information content (AvgIpc) is 2.20. The van der Waals surface area contributed by atoms with Crippen molar-refractivity contribution < 1.29 is 13.6 Å². The van der Waals surface area contributed by atoms with Crippen LogP contribution in [-0.2, 0) is 4.79 Å². The molecule has 0 N–H and O–H groups in total. The summed E-state index contributed by atoms with van der Waals surface area (Å²) in [5.74, 6) is -1.28. The van der Waals surface area contributed by atoms with Crippen molar-refractivity contribution in [3.8, 4) is 0 Å². The van der Waals surface area contributed by atoms with Gasteiger partial charge in [0.15, 0.2) is 11.6 Å². The number of ketones is 1. The first kappa shape index (κ1) is 12.2. The molecule has 0 aliphatic rings. The second-order valence-electron chi connectivity index (χ2n) is 3.15. The molecule has 82 valence electrons. The van der Waals surface area contributed by atoms with Crippen LogP contribution in [-0.4, -0.2) is 11.5 Å². The van der Waals surface area contributed by atoms with Gasteiger partial charge in [0.1, 0.15) is 5.78 Å². The molecular formula is C11H12F2OS. The van der Waals surface area contributed by atoms with Crippen molar-refractivity contribution in [3.63, 3.8) is 0 Å². The first-order valence-electron chi connectivity index (χ1n) is 4.73. The van der Waals surface area contributed by atoms with E-state index in [1.54, 1.807) is 0 Å². The van der Waals surface area contributed by atoms with Gasteiger partial charge in [-0.15, -0.1) is 11.8 Å². The monoisotopic (exact) mass is 230 g/mol. The van der Waals surface area contributed by atoms with Crippen LogP contribution in [0.2, 0.25) is 0 Å². The summed E-state index contributed by atoms with van der Waals surface area (Å²) < 4.78 is 25.3. The lowest BCUT2D eigenvalue weighted by atomic mass is 10.3. The van der Waals surface area contributed by atoms with E-state index in [1.807, 2.05) is 6.92 Å². The lowest BCUT2D eigenvalue weighted by molar-refractivity contribution is -0.116. The predicted molar refractivity (Wildman–Crippen MR) is 57.0 cm³/mol. The normalized spacial score (nSPS) is 10.3. The van der Waals surface area contributed by atoms with Crippen molar-refractivity contribution in [2.24, 2.45) is 0 Å². The van der Waals surface area contributed by atoms with Crippen LogP contribution in [0.3, 0.4) is 0 Å². The van der Waals surface area contributed by atoms with Gasteiger partial charge in [0.05, 0.1) is 5.75 Å². The minimum absolute atomic E-state index is 0.132. The maximum absolute atomic E-state index is 12.8. The van der Waals surface area contributed by atoms with Gasteiger partial charge < -0.3 is 0 Å². The van der Waals surface area contributed by atoms with Crippen LogP contribution in [0.15, 0.2) is 23.1 Å². The van der Waals surface area contributed by atoms with E-state index in [4.69, 9.17) is 0 Å². The van der Waals surface area contributed by atoms with Gasteiger partial charge >= 0.3 is 0 Å². The maximum atomic E-state index is 12.8. The zero-order valence-electron chi connectivity index (χ0n) is 8.43. The minimum atomic E-state index is -0.872. The summed E-state index contributed by atoms with van der Waals surface area (Å²) in [6.07, 6.45) is 1.36. The number of thioether (sulfide) groups is 1. The number of benzene rings is 1. The van der Waals surface area contributed by atoms with Crippen LogP contribution in [0, 0.1) is 11.6 Å². The van der Waals surface area contributed by atoms with E-state index >= 15 is 0 Å². The lowest BCUT2D eigenvalue weighted by Crippen LogP contribution is -1.99. The summed E-state index contributed by atoms with van der Waals surface area (Å²) in [6, 6.07) is 3.66. The Hall–Kier alpha value is -0.900. The first-order chi connectivity index (χ1) is 7.13.